The summed E-state index contributed by atoms with van der Waals surface area (Å²) < 4.78 is 12.9. The van der Waals surface area contributed by atoms with Gasteiger partial charge < -0.3 is 15.7 Å². The van der Waals surface area contributed by atoms with Crippen molar-refractivity contribution in [3.8, 4) is 6.07 Å². The first-order valence-corrected chi connectivity index (χ1v) is 5.91. The van der Waals surface area contributed by atoms with E-state index >= 15 is 0 Å². The predicted octanol–water partition coefficient (Wildman–Crippen LogP) is 1.93. The molecule has 0 aliphatic rings. The van der Waals surface area contributed by atoms with E-state index in [1.165, 1.54) is 13.0 Å². The van der Waals surface area contributed by atoms with Gasteiger partial charge in [-0.2, -0.15) is 5.26 Å². The van der Waals surface area contributed by atoms with E-state index in [-0.39, 0.29) is 24.2 Å². The highest BCUT2D eigenvalue weighted by atomic mass is 19.1. The number of carboxylic acids is 1. The number of carboxylic acid groups (broad SMARTS) is 1. The average molecular weight is 279 g/mol. The van der Waals surface area contributed by atoms with E-state index in [1.807, 2.05) is 0 Å². The van der Waals surface area contributed by atoms with E-state index in [9.17, 15) is 14.0 Å². The molecule has 20 heavy (non-hydrogen) atoms. The molecule has 0 fully saturated rings. The van der Waals surface area contributed by atoms with Crippen molar-refractivity contribution in [2.45, 2.75) is 13.3 Å². The fourth-order valence-electron chi connectivity index (χ4n) is 1.41. The highest BCUT2D eigenvalue weighted by Gasteiger charge is 2.11. The number of benzene rings is 1. The first kappa shape index (κ1) is 15.4. The molecule has 0 spiro atoms. The number of carbonyl (C=O) groups excluding carboxylic acids is 1. The van der Waals surface area contributed by atoms with Crippen LogP contribution in [0.2, 0.25) is 0 Å². The van der Waals surface area contributed by atoms with Gasteiger partial charge in [0.15, 0.2) is 0 Å². The van der Waals surface area contributed by atoms with Crippen LogP contribution in [0.3, 0.4) is 0 Å². The zero-order valence-electron chi connectivity index (χ0n) is 10.8. The standard InChI is InChI=1S/C13H14FN3O3/c1-8(12(18)19)4-5-16-13(20)17-11-3-2-10(14)6-9(11)7-15/h2-3,6,8H,4-5H2,1H3,(H,18,19)(H2,16,17,20). The first-order valence-electron chi connectivity index (χ1n) is 5.91. The van der Waals surface area contributed by atoms with E-state index in [0.717, 1.165) is 12.1 Å². The number of amides is 2. The van der Waals surface area contributed by atoms with Gasteiger partial charge >= 0.3 is 12.0 Å². The number of nitrogens with one attached hydrogen (secondary N) is 2. The Morgan fingerprint density at radius 1 is 1.50 bits per heavy atom. The summed E-state index contributed by atoms with van der Waals surface area (Å²) in [5, 5.41) is 22.4. The minimum absolute atomic E-state index is 0.0130. The van der Waals surface area contributed by atoms with Crippen molar-refractivity contribution in [2.75, 3.05) is 11.9 Å². The van der Waals surface area contributed by atoms with Gasteiger partial charge in [0, 0.05) is 6.54 Å². The van der Waals surface area contributed by atoms with Gasteiger partial charge in [-0.1, -0.05) is 6.92 Å². The summed E-state index contributed by atoms with van der Waals surface area (Å²) in [6.07, 6.45) is 0.289. The van der Waals surface area contributed by atoms with Crippen molar-refractivity contribution >= 4 is 17.7 Å². The molecular weight excluding hydrogens is 265 g/mol. The number of nitriles is 1. The monoisotopic (exact) mass is 279 g/mol. The number of halogens is 1. The molecule has 0 aliphatic carbocycles. The SMILES string of the molecule is CC(CCNC(=O)Nc1ccc(F)cc1C#N)C(=O)O. The second-order valence-corrected chi connectivity index (χ2v) is 4.21. The van der Waals surface area contributed by atoms with Gasteiger partial charge in [0.05, 0.1) is 17.2 Å². The van der Waals surface area contributed by atoms with Crippen LogP contribution in [-0.2, 0) is 4.79 Å². The van der Waals surface area contributed by atoms with E-state index in [1.54, 1.807) is 6.07 Å². The number of hydrogen-bond acceptors (Lipinski definition) is 3. The van der Waals surface area contributed by atoms with Crippen molar-refractivity contribution in [3.63, 3.8) is 0 Å². The van der Waals surface area contributed by atoms with Crippen molar-refractivity contribution in [1.82, 2.24) is 5.32 Å². The summed E-state index contributed by atoms with van der Waals surface area (Å²) in [6, 6.07) is 4.62. The maximum Gasteiger partial charge on any atom is 0.319 e. The molecule has 106 valence electrons. The zero-order chi connectivity index (χ0) is 15.1. The molecule has 0 aliphatic heterocycles. The van der Waals surface area contributed by atoms with E-state index in [2.05, 4.69) is 10.6 Å². The Bertz CT molecular complexity index is 554. The van der Waals surface area contributed by atoms with Crippen LogP contribution < -0.4 is 10.6 Å². The molecule has 1 aromatic carbocycles. The van der Waals surface area contributed by atoms with Gasteiger partial charge in [0.25, 0.3) is 0 Å². The third-order valence-electron chi connectivity index (χ3n) is 2.63. The second kappa shape index (κ2) is 7.09. The number of carbonyl (C=O) groups is 2. The third kappa shape index (κ3) is 4.57. The molecule has 1 aromatic rings. The number of nitrogens with zero attached hydrogens (tertiary/aromatic N) is 1. The minimum Gasteiger partial charge on any atom is -0.481 e. The maximum absolute atomic E-state index is 12.9. The van der Waals surface area contributed by atoms with Crippen LogP contribution in [0.5, 0.6) is 0 Å². The summed E-state index contributed by atoms with van der Waals surface area (Å²) in [5.74, 6) is -2.06. The summed E-state index contributed by atoms with van der Waals surface area (Å²) in [5.41, 5.74) is 0.205. The summed E-state index contributed by atoms with van der Waals surface area (Å²) >= 11 is 0. The normalized spacial score (nSPS) is 11.2. The number of urea groups is 1. The molecule has 0 saturated carbocycles. The Labute approximate surface area is 115 Å². The molecule has 6 nitrogen and oxygen atoms in total. The molecule has 3 N–H and O–H groups in total. The molecule has 0 heterocycles. The first-order chi connectivity index (χ1) is 9.43. The number of hydrogen-bond donors (Lipinski definition) is 3. The van der Waals surface area contributed by atoms with E-state index in [0.29, 0.717) is 0 Å². The minimum atomic E-state index is -0.933. The maximum atomic E-state index is 12.9. The highest BCUT2D eigenvalue weighted by molar-refractivity contribution is 5.90. The van der Waals surface area contributed by atoms with Crippen molar-refractivity contribution in [2.24, 2.45) is 5.92 Å². The van der Waals surface area contributed by atoms with Gasteiger partial charge in [-0.3, -0.25) is 4.79 Å². The second-order valence-electron chi connectivity index (χ2n) is 4.21. The molecule has 0 bridgehead atoms. The molecule has 0 radical (unpaired) electrons. The van der Waals surface area contributed by atoms with Gasteiger partial charge in [0.1, 0.15) is 11.9 Å². The van der Waals surface area contributed by atoms with Crippen LogP contribution in [0.25, 0.3) is 0 Å². The zero-order valence-corrected chi connectivity index (χ0v) is 10.8. The quantitative estimate of drug-likeness (QED) is 0.766. The lowest BCUT2D eigenvalue weighted by Crippen LogP contribution is -2.31. The van der Waals surface area contributed by atoms with Crippen LogP contribution in [0.4, 0.5) is 14.9 Å². The third-order valence-corrected chi connectivity index (χ3v) is 2.63. The molecular formula is C13H14FN3O3. The van der Waals surface area contributed by atoms with Gasteiger partial charge in [-0.05, 0) is 24.6 Å². The molecule has 7 heteroatoms. The summed E-state index contributed by atoms with van der Waals surface area (Å²) in [4.78, 5) is 22.1. The summed E-state index contributed by atoms with van der Waals surface area (Å²) in [6.45, 7) is 1.72. The Hall–Kier alpha value is -2.62. The number of anilines is 1. The lowest BCUT2D eigenvalue weighted by Gasteiger charge is -2.10. The fourth-order valence-corrected chi connectivity index (χ4v) is 1.41. The Morgan fingerprint density at radius 3 is 2.80 bits per heavy atom. The lowest BCUT2D eigenvalue weighted by atomic mass is 10.1. The molecule has 1 atom stereocenters. The fraction of sp³-hybridized carbons (Fsp3) is 0.308. The van der Waals surface area contributed by atoms with Crippen molar-refractivity contribution in [1.29, 1.82) is 5.26 Å². The predicted molar refractivity (Wildman–Crippen MR) is 69.6 cm³/mol. The van der Waals surface area contributed by atoms with Crippen molar-refractivity contribution in [3.05, 3.63) is 29.6 Å². The van der Waals surface area contributed by atoms with Crippen LogP contribution in [0.15, 0.2) is 18.2 Å². The van der Waals surface area contributed by atoms with Crippen molar-refractivity contribution < 1.29 is 19.1 Å². The van der Waals surface area contributed by atoms with Gasteiger partial charge in [0.2, 0.25) is 0 Å². The van der Waals surface area contributed by atoms with Gasteiger partial charge in [-0.25, -0.2) is 9.18 Å². The van der Waals surface area contributed by atoms with E-state index in [4.69, 9.17) is 10.4 Å². The Balaban J connectivity index is 2.51. The molecule has 2 amide bonds. The largest absolute Gasteiger partial charge is 0.481 e. The number of rotatable bonds is 5. The molecule has 0 aromatic heterocycles. The smallest absolute Gasteiger partial charge is 0.319 e. The van der Waals surface area contributed by atoms with Crippen LogP contribution >= 0.6 is 0 Å². The molecule has 0 saturated heterocycles. The Morgan fingerprint density at radius 2 is 2.20 bits per heavy atom. The van der Waals surface area contributed by atoms with Crippen LogP contribution in [-0.4, -0.2) is 23.7 Å². The lowest BCUT2D eigenvalue weighted by molar-refractivity contribution is -0.141. The highest BCUT2D eigenvalue weighted by Crippen LogP contribution is 2.15. The van der Waals surface area contributed by atoms with E-state index < -0.39 is 23.7 Å². The Kier molecular flexibility index (Phi) is 5.47. The topological polar surface area (TPSA) is 102 Å². The average Bonchev–Trinajstić information content (AvgIpc) is 2.40. The van der Waals surface area contributed by atoms with Crippen LogP contribution in [0, 0.1) is 23.1 Å². The summed E-state index contributed by atoms with van der Waals surface area (Å²) in [7, 11) is 0. The molecule has 1 rings (SSSR count). The molecule has 1 unspecified atom stereocenters. The van der Waals surface area contributed by atoms with Crippen LogP contribution in [0.1, 0.15) is 18.9 Å². The van der Waals surface area contributed by atoms with Gasteiger partial charge in [-0.15, -0.1) is 0 Å². The number of aliphatic carboxylic acids is 1.